The van der Waals surface area contributed by atoms with Crippen molar-refractivity contribution in [1.82, 2.24) is 4.90 Å². The summed E-state index contributed by atoms with van der Waals surface area (Å²) >= 11 is 8.19. The average molecular weight is 286 g/mol. The highest BCUT2D eigenvalue weighted by molar-refractivity contribution is 7.99. The van der Waals surface area contributed by atoms with Crippen molar-refractivity contribution in [3.63, 3.8) is 0 Å². The molecular formula is C14H20ClNOS. The zero-order valence-electron chi connectivity index (χ0n) is 10.9. The highest BCUT2D eigenvalue weighted by atomic mass is 35.5. The number of hydrogen-bond acceptors (Lipinski definition) is 3. The van der Waals surface area contributed by atoms with E-state index in [0.29, 0.717) is 5.02 Å². The van der Waals surface area contributed by atoms with Gasteiger partial charge in [0.15, 0.2) is 0 Å². The van der Waals surface area contributed by atoms with Crippen LogP contribution in [0.15, 0.2) is 24.3 Å². The third kappa shape index (κ3) is 2.85. The van der Waals surface area contributed by atoms with Crippen LogP contribution in [-0.4, -0.2) is 42.2 Å². The van der Waals surface area contributed by atoms with Gasteiger partial charge in [0.25, 0.3) is 0 Å². The third-order valence-corrected chi connectivity index (χ3v) is 5.01. The van der Waals surface area contributed by atoms with Crippen LogP contribution in [0.2, 0.25) is 5.02 Å². The molecule has 4 heteroatoms. The van der Waals surface area contributed by atoms with Gasteiger partial charge < -0.3 is 10.0 Å². The van der Waals surface area contributed by atoms with Gasteiger partial charge >= 0.3 is 0 Å². The Kier molecular flexibility index (Phi) is 4.59. The van der Waals surface area contributed by atoms with E-state index in [1.807, 2.05) is 50.1 Å². The Labute approximate surface area is 118 Å². The lowest BCUT2D eigenvalue weighted by atomic mass is 9.79. The van der Waals surface area contributed by atoms with Gasteiger partial charge in [0, 0.05) is 28.8 Å². The second-order valence-electron chi connectivity index (χ2n) is 5.19. The Bertz CT molecular complexity index is 413. The number of rotatable bonds is 3. The molecule has 2 rings (SSSR count). The molecule has 1 heterocycles. The van der Waals surface area contributed by atoms with E-state index < -0.39 is 5.60 Å². The molecule has 0 unspecified atom stereocenters. The van der Waals surface area contributed by atoms with E-state index in [9.17, 15) is 5.11 Å². The van der Waals surface area contributed by atoms with Crippen molar-refractivity contribution < 1.29 is 5.11 Å². The minimum absolute atomic E-state index is 0.228. The molecule has 1 aromatic carbocycles. The van der Waals surface area contributed by atoms with Gasteiger partial charge in [-0.15, -0.1) is 0 Å². The third-order valence-electron chi connectivity index (χ3n) is 3.55. The molecule has 1 saturated heterocycles. The van der Waals surface area contributed by atoms with Crippen molar-refractivity contribution in [2.75, 3.05) is 32.1 Å². The zero-order chi connectivity index (χ0) is 13.2. The van der Waals surface area contributed by atoms with Crippen LogP contribution in [0.25, 0.3) is 0 Å². The Morgan fingerprint density at radius 1 is 1.44 bits per heavy atom. The van der Waals surface area contributed by atoms with Crippen molar-refractivity contribution >= 4 is 23.4 Å². The maximum absolute atomic E-state index is 11.1. The van der Waals surface area contributed by atoms with E-state index in [1.165, 1.54) is 0 Å². The quantitative estimate of drug-likeness (QED) is 0.924. The van der Waals surface area contributed by atoms with Crippen LogP contribution in [-0.2, 0) is 5.60 Å². The van der Waals surface area contributed by atoms with Crippen molar-refractivity contribution in [2.24, 2.45) is 5.92 Å². The topological polar surface area (TPSA) is 23.5 Å². The lowest BCUT2D eigenvalue weighted by Crippen LogP contribution is -2.45. The predicted molar refractivity (Wildman–Crippen MR) is 79.3 cm³/mol. The molecule has 100 valence electrons. The maximum Gasteiger partial charge on any atom is 0.0966 e. The number of hydrogen-bond donors (Lipinski definition) is 1. The van der Waals surface area contributed by atoms with E-state index in [4.69, 9.17) is 11.6 Å². The summed E-state index contributed by atoms with van der Waals surface area (Å²) in [5.41, 5.74) is 0.104. The molecule has 1 N–H and O–H groups in total. The summed E-state index contributed by atoms with van der Waals surface area (Å²) in [6, 6.07) is 7.69. The second-order valence-corrected chi connectivity index (χ2v) is 6.75. The van der Waals surface area contributed by atoms with Crippen molar-refractivity contribution in [3.8, 4) is 0 Å². The molecular weight excluding hydrogens is 266 g/mol. The van der Waals surface area contributed by atoms with Gasteiger partial charge in [-0.05, 0) is 32.3 Å². The minimum Gasteiger partial charge on any atom is -0.385 e. The number of benzene rings is 1. The van der Waals surface area contributed by atoms with E-state index >= 15 is 0 Å². The van der Waals surface area contributed by atoms with Gasteiger partial charge in [0.05, 0.1) is 5.60 Å². The van der Waals surface area contributed by atoms with Crippen LogP contribution >= 0.6 is 23.4 Å². The normalized spacial score (nSPS) is 28.6. The van der Waals surface area contributed by atoms with Crippen LogP contribution in [0.1, 0.15) is 12.0 Å². The Hall–Kier alpha value is -0.220. The first kappa shape index (κ1) is 14.2. The molecule has 1 aliphatic heterocycles. The van der Waals surface area contributed by atoms with Gasteiger partial charge in [-0.3, -0.25) is 0 Å². The van der Waals surface area contributed by atoms with E-state index in [-0.39, 0.29) is 5.92 Å². The van der Waals surface area contributed by atoms with E-state index in [2.05, 4.69) is 4.90 Å². The molecule has 0 radical (unpaired) electrons. The van der Waals surface area contributed by atoms with Gasteiger partial charge in [-0.1, -0.05) is 29.8 Å². The van der Waals surface area contributed by atoms with Gasteiger partial charge in [-0.25, -0.2) is 0 Å². The van der Waals surface area contributed by atoms with Gasteiger partial charge in [-0.2, -0.15) is 11.8 Å². The summed E-state index contributed by atoms with van der Waals surface area (Å²) < 4.78 is 0. The Morgan fingerprint density at radius 2 is 2.17 bits per heavy atom. The summed E-state index contributed by atoms with van der Waals surface area (Å²) in [5, 5.41) is 11.8. The van der Waals surface area contributed by atoms with Gasteiger partial charge in [0.2, 0.25) is 0 Å². The van der Waals surface area contributed by atoms with Crippen LogP contribution in [0.5, 0.6) is 0 Å². The molecule has 0 amide bonds. The molecule has 1 aromatic rings. The minimum atomic E-state index is -0.784. The highest BCUT2D eigenvalue weighted by Gasteiger charge is 2.41. The molecule has 1 aliphatic rings. The molecule has 2 atom stereocenters. The van der Waals surface area contributed by atoms with Crippen LogP contribution in [0, 0.1) is 5.92 Å². The fraction of sp³-hybridized carbons (Fsp3) is 0.571. The highest BCUT2D eigenvalue weighted by Crippen LogP contribution is 2.43. The average Bonchev–Trinajstić information content (AvgIpc) is 2.32. The first-order valence-corrected chi connectivity index (χ1v) is 7.77. The van der Waals surface area contributed by atoms with E-state index in [0.717, 1.165) is 30.0 Å². The molecule has 1 fully saturated rings. The molecule has 0 aromatic heterocycles. The first-order valence-electron chi connectivity index (χ1n) is 6.24. The maximum atomic E-state index is 11.1. The summed E-state index contributed by atoms with van der Waals surface area (Å²) in [7, 11) is 4.10. The number of aliphatic hydroxyl groups is 1. The summed E-state index contributed by atoms with van der Waals surface area (Å²) in [4.78, 5) is 2.14. The molecule has 0 spiro atoms. The SMILES string of the molecule is CN(C)C[C@H]1CSCC[C@@]1(O)c1ccccc1Cl. The molecule has 2 nitrogen and oxygen atoms in total. The fourth-order valence-corrected chi connectivity index (χ4v) is 4.19. The fourth-order valence-electron chi connectivity index (χ4n) is 2.61. The lowest BCUT2D eigenvalue weighted by molar-refractivity contribution is -0.0292. The lowest BCUT2D eigenvalue weighted by Gasteiger charge is -2.41. The summed E-state index contributed by atoms with van der Waals surface area (Å²) in [6.45, 7) is 0.884. The summed E-state index contributed by atoms with van der Waals surface area (Å²) in [6.07, 6.45) is 0.778. The Balaban J connectivity index is 2.33. The Morgan fingerprint density at radius 3 is 2.83 bits per heavy atom. The second kappa shape index (κ2) is 5.83. The van der Waals surface area contributed by atoms with Crippen LogP contribution in [0.4, 0.5) is 0 Å². The first-order chi connectivity index (χ1) is 8.54. The molecule has 18 heavy (non-hydrogen) atoms. The van der Waals surface area contributed by atoms with Crippen molar-refractivity contribution in [1.29, 1.82) is 0 Å². The monoisotopic (exact) mass is 285 g/mol. The predicted octanol–water partition coefficient (Wildman–Crippen LogP) is 2.84. The summed E-state index contributed by atoms with van der Waals surface area (Å²) in [5.74, 6) is 2.21. The number of nitrogens with zero attached hydrogens (tertiary/aromatic N) is 1. The zero-order valence-corrected chi connectivity index (χ0v) is 12.5. The standard InChI is InChI=1S/C14H20ClNOS/c1-16(2)9-11-10-18-8-7-14(11,17)12-5-3-4-6-13(12)15/h3-6,11,17H,7-10H2,1-2H3/t11-,14-/m0/s1. The molecule has 0 bridgehead atoms. The van der Waals surface area contributed by atoms with Crippen LogP contribution < -0.4 is 0 Å². The van der Waals surface area contributed by atoms with Crippen molar-refractivity contribution in [2.45, 2.75) is 12.0 Å². The molecule has 0 aliphatic carbocycles. The molecule has 0 saturated carbocycles. The largest absolute Gasteiger partial charge is 0.385 e. The van der Waals surface area contributed by atoms with Crippen LogP contribution in [0.3, 0.4) is 0 Å². The smallest absolute Gasteiger partial charge is 0.0966 e. The van der Waals surface area contributed by atoms with Gasteiger partial charge in [0.1, 0.15) is 0 Å². The number of halogens is 1. The van der Waals surface area contributed by atoms with Crippen molar-refractivity contribution in [3.05, 3.63) is 34.9 Å². The number of thioether (sulfide) groups is 1. The van der Waals surface area contributed by atoms with E-state index in [1.54, 1.807) is 0 Å².